The van der Waals surface area contributed by atoms with E-state index < -0.39 is 5.97 Å². The maximum Gasteiger partial charge on any atom is 0.336 e. The number of anilines is 1. The molecule has 1 unspecified atom stereocenters. The van der Waals surface area contributed by atoms with Crippen LogP contribution in [-0.2, 0) is 0 Å². The number of Topliss-reactive ketones (excluding diaryl/α,β-unsaturated/α-hetero) is 1. The summed E-state index contributed by atoms with van der Waals surface area (Å²) in [4.78, 5) is 22.8. The summed E-state index contributed by atoms with van der Waals surface area (Å²) in [6, 6.07) is 4.11. The monoisotopic (exact) mass is 236 g/mol. The van der Waals surface area contributed by atoms with Gasteiger partial charge in [0.2, 0.25) is 0 Å². The molecule has 1 rings (SSSR count). The number of ketones is 1. The van der Waals surface area contributed by atoms with Gasteiger partial charge in [-0.05, 0) is 31.5 Å². The third-order valence-electron chi connectivity index (χ3n) is 2.40. The van der Waals surface area contributed by atoms with Gasteiger partial charge in [-0.2, -0.15) is 0 Å². The molecule has 0 heterocycles. The lowest BCUT2D eigenvalue weighted by molar-refractivity contribution is 0.0691. The molecule has 0 aromatic heterocycles. The van der Waals surface area contributed by atoms with Crippen LogP contribution in [0.5, 0.6) is 0 Å². The first kappa shape index (κ1) is 13.2. The first-order valence-electron chi connectivity index (χ1n) is 5.33. The Hall–Kier alpha value is -1.88. The van der Waals surface area contributed by atoms with Gasteiger partial charge in [0.05, 0.1) is 5.56 Å². The lowest BCUT2D eigenvalue weighted by Gasteiger charge is -2.07. The number of aromatic carboxylic acids is 1. The maximum absolute atomic E-state index is 11.9. The molecule has 5 nitrogen and oxygen atoms in total. The lowest BCUT2D eigenvalue weighted by atomic mass is 9.98. The van der Waals surface area contributed by atoms with Crippen LogP contribution in [0.3, 0.4) is 0 Å². The van der Waals surface area contributed by atoms with Crippen molar-refractivity contribution in [1.29, 1.82) is 0 Å². The van der Waals surface area contributed by atoms with Gasteiger partial charge in [0.15, 0.2) is 5.78 Å². The van der Waals surface area contributed by atoms with Gasteiger partial charge in [-0.1, -0.05) is 0 Å². The second kappa shape index (κ2) is 5.45. The fraction of sp³-hybridized carbons (Fsp3) is 0.333. The van der Waals surface area contributed by atoms with Gasteiger partial charge in [0.1, 0.15) is 0 Å². The number of hydrogen-bond donors (Lipinski definition) is 3. The highest BCUT2D eigenvalue weighted by atomic mass is 16.4. The Labute approximate surface area is 99.4 Å². The predicted molar refractivity (Wildman–Crippen MR) is 65.0 cm³/mol. The van der Waals surface area contributed by atoms with E-state index in [2.05, 4.69) is 0 Å². The molecule has 0 aliphatic heterocycles. The normalized spacial score (nSPS) is 12.1. The van der Waals surface area contributed by atoms with Gasteiger partial charge in [-0.15, -0.1) is 0 Å². The molecule has 5 N–H and O–H groups in total. The number of carbonyl (C=O) groups is 2. The van der Waals surface area contributed by atoms with Crippen LogP contribution >= 0.6 is 0 Å². The number of carboxylic acids is 1. The van der Waals surface area contributed by atoms with Crippen molar-refractivity contribution in [2.45, 2.75) is 25.8 Å². The average molecular weight is 236 g/mol. The highest BCUT2D eigenvalue weighted by molar-refractivity contribution is 6.06. The Morgan fingerprint density at radius 1 is 1.35 bits per heavy atom. The minimum atomic E-state index is -1.13. The van der Waals surface area contributed by atoms with Crippen LogP contribution in [0.2, 0.25) is 0 Å². The summed E-state index contributed by atoms with van der Waals surface area (Å²) in [5, 5.41) is 8.97. The standard InChI is InChI=1S/C12H16N2O3/c1-7(13)2-5-11(15)10-6-8(14)3-4-9(10)12(16)17/h3-4,6-7H,2,5,13-14H2,1H3,(H,16,17). The van der Waals surface area contributed by atoms with Crippen molar-refractivity contribution in [2.75, 3.05) is 5.73 Å². The summed E-state index contributed by atoms with van der Waals surface area (Å²) in [5.41, 5.74) is 11.6. The van der Waals surface area contributed by atoms with E-state index in [1.807, 2.05) is 0 Å². The minimum absolute atomic E-state index is 0.0196. The minimum Gasteiger partial charge on any atom is -0.478 e. The zero-order valence-corrected chi connectivity index (χ0v) is 9.64. The quantitative estimate of drug-likeness (QED) is 0.527. The molecule has 92 valence electrons. The molecule has 0 saturated carbocycles. The van der Waals surface area contributed by atoms with Crippen molar-refractivity contribution in [3.05, 3.63) is 29.3 Å². The predicted octanol–water partition coefficient (Wildman–Crippen LogP) is 1.28. The molecule has 1 aromatic rings. The van der Waals surface area contributed by atoms with Crippen LogP contribution in [0.25, 0.3) is 0 Å². The second-order valence-corrected chi connectivity index (χ2v) is 4.05. The van der Waals surface area contributed by atoms with Gasteiger partial charge in [-0.25, -0.2) is 4.79 Å². The van der Waals surface area contributed by atoms with E-state index in [0.717, 1.165) is 0 Å². The van der Waals surface area contributed by atoms with Gasteiger partial charge in [0.25, 0.3) is 0 Å². The van der Waals surface area contributed by atoms with E-state index in [4.69, 9.17) is 16.6 Å². The van der Waals surface area contributed by atoms with Gasteiger partial charge in [-0.3, -0.25) is 4.79 Å². The zero-order valence-electron chi connectivity index (χ0n) is 9.64. The van der Waals surface area contributed by atoms with Gasteiger partial charge in [0, 0.05) is 23.7 Å². The van der Waals surface area contributed by atoms with E-state index in [-0.39, 0.29) is 29.4 Å². The Morgan fingerprint density at radius 3 is 2.53 bits per heavy atom. The molecular weight excluding hydrogens is 220 g/mol. The fourth-order valence-electron chi connectivity index (χ4n) is 1.47. The highest BCUT2D eigenvalue weighted by Crippen LogP contribution is 2.16. The fourth-order valence-corrected chi connectivity index (χ4v) is 1.47. The molecule has 0 aliphatic carbocycles. The van der Waals surface area contributed by atoms with Crippen molar-refractivity contribution in [3.8, 4) is 0 Å². The topological polar surface area (TPSA) is 106 Å². The molecule has 1 aromatic carbocycles. The first-order valence-corrected chi connectivity index (χ1v) is 5.33. The van der Waals surface area contributed by atoms with E-state index >= 15 is 0 Å². The maximum atomic E-state index is 11.9. The van der Waals surface area contributed by atoms with Crippen LogP contribution in [0.1, 0.15) is 40.5 Å². The molecule has 0 bridgehead atoms. The molecule has 0 amide bonds. The van der Waals surface area contributed by atoms with Crippen LogP contribution in [-0.4, -0.2) is 22.9 Å². The van der Waals surface area contributed by atoms with Crippen molar-refractivity contribution >= 4 is 17.4 Å². The number of nitrogen functional groups attached to an aromatic ring is 1. The second-order valence-electron chi connectivity index (χ2n) is 4.05. The zero-order chi connectivity index (χ0) is 13.0. The van der Waals surface area contributed by atoms with Crippen molar-refractivity contribution < 1.29 is 14.7 Å². The van der Waals surface area contributed by atoms with E-state index in [0.29, 0.717) is 12.1 Å². The van der Waals surface area contributed by atoms with Gasteiger partial charge >= 0.3 is 5.97 Å². The smallest absolute Gasteiger partial charge is 0.336 e. The molecule has 0 aliphatic rings. The SMILES string of the molecule is CC(N)CCC(=O)c1cc(N)ccc1C(=O)O. The van der Waals surface area contributed by atoms with Gasteiger partial charge < -0.3 is 16.6 Å². The van der Waals surface area contributed by atoms with Crippen molar-refractivity contribution in [2.24, 2.45) is 5.73 Å². The Bertz CT molecular complexity index is 441. The summed E-state index contributed by atoms with van der Waals surface area (Å²) in [7, 11) is 0. The number of rotatable bonds is 5. The summed E-state index contributed by atoms with van der Waals surface area (Å²) < 4.78 is 0. The summed E-state index contributed by atoms with van der Waals surface area (Å²) in [5.74, 6) is -1.37. The molecule has 0 fully saturated rings. The molecule has 5 heteroatoms. The Kier molecular flexibility index (Phi) is 4.23. The molecule has 0 spiro atoms. The highest BCUT2D eigenvalue weighted by Gasteiger charge is 2.16. The molecule has 1 atom stereocenters. The number of hydrogen-bond acceptors (Lipinski definition) is 4. The summed E-state index contributed by atoms with van der Waals surface area (Å²) in [6.07, 6.45) is 0.744. The van der Waals surface area contributed by atoms with E-state index in [9.17, 15) is 9.59 Å². The average Bonchev–Trinajstić information content (AvgIpc) is 2.25. The largest absolute Gasteiger partial charge is 0.478 e. The Balaban J connectivity index is 2.98. The number of carboxylic acid groups (broad SMARTS) is 1. The molecule has 0 radical (unpaired) electrons. The third kappa shape index (κ3) is 3.57. The Morgan fingerprint density at radius 2 is 2.00 bits per heavy atom. The van der Waals surface area contributed by atoms with Crippen LogP contribution in [0.4, 0.5) is 5.69 Å². The van der Waals surface area contributed by atoms with E-state index in [1.165, 1.54) is 18.2 Å². The lowest BCUT2D eigenvalue weighted by Crippen LogP contribution is -2.17. The first-order chi connectivity index (χ1) is 7.91. The van der Waals surface area contributed by atoms with Crippen LogP contribution in [0, 0.1) is 0 Å². The molecule has 0 saturated heterocycles. The number of carbonyl (C=O) groups excluding carboxylic acids is 1. The summed E-state index contributed by atoms with van der Waals surface area (Å²) in [6.45, 7) is 1.80. The molecule has 17 heavy (non-hydrogen) atoms. The number of benzene rings is 1. The van der Waals surface area contributed by atoms with Crippen LogP contribution < -0.4 is 11.5 Å². The van der Waals surface area contributed by atoms with Crippen molar-refractivity contribution in [1.82, 2.24) is 0 Å². The molecular formula is C12H16N2O3. The van der Waals surface area contributed by atoms with E-state index in [1.54, 1.807) is 6.92 Å². The third-order valence-corrected chi connectivity index (χ3v) is 2.40. The summed E-state index contributed by atoms with van der Waals surface area (Å²) >= 11 is 0. The number of nitrogens with two attached hydrogens (primary N) is 2. The van der Waals surface area contributed by atoms with Crippen LogP contribution in [0.15, 0.2) is 18.2 Å². The van der Waals surface area contributed by atoms with Crippen molar-refractivity contribution in [3.63, 3.8) is 0 Å².